The first kappa shape index (κ1) is 7.99. The summed E-state index contributed by atoms with van der Waals surface area (Å²) in [5, 5.41) is 0. The second kappa shape index (κ2) is 3.40. The van der Waals surface area contributed by atoms with Gasteiger partial charge in [0.25, 0.3) is 0 Å². The number of benzene rings is 1. The first-order chi connectivity index (χ1) is 6.36. The average molecular weight is 169 g/mol. The van der Waals surface area contributed by atoms with Gasteiger partial charge >= 0.3 is 0 Å². The topological polar surface area (TPSA) is 12.4 Å². The highest BCUT2D eigenvalue weighted by atomic mass is 14.7. The van der Waals surface area contributed by atoms with Crippen LogP contribution in [0.5, 0.6) is 0 Å². The molecule has 0 radical (unpaired) electrons. The summed E-state index contributed by atoms with van der Waals surface area (Å²) >= 11 is 0. The fourth-order valence-electron chi connectivity index (χ4n) is 1.32. The first-order valence-electron chi connectivity index (χ1n) is 4.34. The van der Waals surface area contributed by atoms with Crippen molar-refractivity contribution in [3.8, 4) is 0 Å². The molecule has 64 valence electrons. The van der Waals surface area contributed by atoms with Crippen LogP contribution in [0.25, 0.3) is 5.57 Å². The molecule has 0 spiro atoms. The third kappa shape index (κ3) is 1.75. The molecule has 0 unspecified atom stereocenters. The van der Waals surface area contributed by atoms with Crippen LogP contribution in [0.15, 0.2) is 53.7 Å². The van der Waals surface area contributed by atoms with Crippen molar-refractivity contribution in [3.63, 3.8) is 0 Å². The summed E-state index contributed by atoms with van der Waals surface area (Å²) in [7, 11) is 0. The van der Waals surface area contributed by atoms with Crippen LogP contribution < -0.4 is 0 Å². The summed E-state index contributed by atoms with van der Waals surface area (Å²) in [5.41, 5.74) is 3.34. The fraction of sp³-hybridized carbons (Fsp3) is 0.0833. The number of nitrogens with zero attached hydrogens (tertiary/aromatic N) is 1. The summed E-state index contributed by atoms with van der Waals surface area (Å²) in [6, 6.07) is 10.3. The monoisotopic (exact) mass is 169 g/mol. The molecule has 0 bridgehead atoms. The number of hydrogen-bond donors (Lipinski definition) is 0. The van der Waals surface area contributed by atoms with E-state index < -0.39 is 0 Å². The molecule has 0 atom stereocenters. The molecule has 0 aromatic heterocycles. The van der Waals surface area contributed by atoms with Gasteiger partial charge in [-0.1, -0.05) is 43.0 Å². The minimum absolute atomic E-state index is 0.862. The van der Waals surface area contributed by atoms with Gasteiger partial charge in [-0.3, -0.25) is 4.99 Å². The Bertz CT molecular complexity index is 371. The molecule has 0 saturated heterocycles. The van der Waals surface area contributed by atoms with Gasteiger partial charge in [0.05, 0.1) is 0 Å². The van der Waals surface area contributed by atoms with Crippen molar-refractivity contribution in [1.82, 2.24) is 0 Å². The summed E-state index contributed by atoms with van der Waals surface area (Å²) < 4.78 is 0. The summed E-state index contributed by atoms with van der Waals surface area (Å²) in [6.07, 6.45) is 4.90. The Morgan fingerprint density at radius 3 is 2.54 bits per heavy atom. The van der Waals surface area contributed by atoms with E-state index in [1.54, 1.807) is 0 Å². The molecular formula is C12H11N. The van der Waals surface area contributed by atoms with E-state index >= 15 is 0 Å². The molecule has 1 aliphatic heterocycles. The molecule has 13 heavy (non-hydrogen) atoms. The summed E-state index contributed by atoms with van der Waals surface area (Å²) in [5.74, 6) is 0. The normalized spacial score (nSPS) is 15.7. The van der Waals surface area contributed by atoms with Crippen LogP contribution in [0.1, 0.15) is 12.0 Å². The number of dihydropyridines is 1. The molecule has 0 aliphatic carbocycles. The lowest BCUT2D eigenvalue weighted by atomic mass is 10.0. The molecule has 1 nitrogen and oxygen atoms in total. The molecule has 1 heterocycles. The third-order valence-corrected chi connectivity index (χ3v) is 2.05. The quantitative estimate of drug-likeness (QED) is 0.612. The molecule has 2 rings (SSSR count). The van der Waals surface area contributed by atoms with Gasteiger partial charge in [0.15, 0.2) is 0 Å². The molecule has 1 aromatic carbocycles. The van der Waals surface area contributed by atoms with E-state index in [1.165, 1.54) is 11.1 Å². The molecule has 0 saturated carbocycles. The van der Waals surface area contributed by atoms with E-state index in [1.807, 2.05) is 24.4 Å². The first-order valence-corrected chi connectivity index (χ1v) is 4.34. The third-order valence-electron chi connectivity index (χ3n) is 2.05. The van der Waals surface area contributed by atoms with Crippen molar-refractivity contribution in [2.24, 2.45) is 4.99 Å². The highest BCUT2D eigenvalue weighted by Crippen LogP contribution is 2.18. The standard InChI is InChI=1S/C12H11N/c1-10-7-8-12(9-13-10)11-5-3-2-4-6-11/h2-6,8-9H,1,7H2. The molecule has 0 amide bonds. The lowest BCUT2D eigenvalue weighted by Crippen LogP contribution is -1.91. The molecular weight excluding hydrogens is 158 g/mol. The SMILES string of the molecule is C=C1CC=C(c2ccccc2)C=N1. The van der Waals surface area contributed by atoms with Gasteiger partial charge < -0.3 is 0 Å². The van der Waals surface area contributed by atoms with Gasteiger partial charge in [-0.25, -0.2) is 0 Å². The van der Waals surface area contributed by atoms with Gasteiger partial charge in [0.1, 0.15) is 0 Å². The zero-order valence-corrected chi connectivity index (χ0v) is 7.40. The molecule has 0 N–H and O–H groups in total. The number of rotatable bonds is 1. The van der Waals surface area contributed by atoms with E-state index in [-0.39, 0.29) is 0 Å². The Morgan fingerprint density at radius 1 is 1.15 bits per heavy atom. The van der Waals surface area contributed by atoms with Gasteiger partial charge in [0.2, 0.25) is 0 Å². The van der Waals surface area contributed by atoms with Crippen LogP contribution in [0, 0.1) is 0 Å². The van der Waals surface area contributed by atoms with E-state index in [0.29, 0.717) is 0 Å². The van der Waals surface area contributed by atoms with Crippen LogP contribution in [0.2, 0.25) is 0 Å². The van der Waals surface area contributed by atoms with Gasteiger partial charge in [-0.2, -0.15) is 0 Å². The second-order valence-electron chi connectivity index (χ2n) is 3.05. The predicted molar refractivity (Wildman–Crippen MR) is 56.7 cm³/mol. The second-order valence-corrected chi connectivity index (χ2v) is 3.05. The molecule has 0 fully saturated rings. The zero-order chi connectivity index (χ0) is 9.10. The van der Waals surface area contributed by atoms with Crippen LogP contribution in [-0.4, -0.2) is 6.21 Å². The maximum atomic E-state index is 4.20. The Balaban J connectivity index is 2.30. The number of allylic oxidation sites excluding steroid dienone is 2. The maximum absolute atomic E-state index is 4.20. The Kier molecular flexibility index (Phi) is 2.09. The minimum Gasteiger partial charge on any atom is -0.261 e. The van der Waals surface area contributed by atoms with Crippen LogP contribution in [0.3, 0.4) is 0 Å². The van der Waals surface area contributed by atoms with E-state index in [2.05, 4.69) is 29.8 Å². The molecule has 1 heteroatoms. The average Bonchev–Trinajstić information content (AvgIpc) is 2.20. The van der Waals surface area contributed by atoms with Crippen molar-refractivity contribution >= 4 is 11.8 Å². The fourth-order valence-corrected chi connectivity index (χ4v) is 1.32. The molecule has 1 aromatic rings. The highest BCUT2D eigenvalue weighted by Gasteiger charge is 2.01. The van der Waals surface area contributed by atoms with Crippen molar-refractivity contribution < 1.29 is 0 Å². The lowest BCUT2D eigenvalue weighted by Gasteiger charge is -2.07. The van der Waals surface area contributed by atoms with Crippen LogP contribution >= 0.6 is 0 Å². The maximum Gasteiger partial charge on any atom is 0.0370 e. The number of aliphatic imine (C=N–C) groups is 1. The number of hydrogen-bond acceptors (Lipinski definition) is 1. The Hall–Kier alpha value is -1.63. The van der Waals surface area contributed by atoms with E-state index in [0.717, 1.165) is 12.1 Å². The van der Waals surface area contributed by atoms with E-state index in [9.17, 15) is 0 Å². The van der Waals surface area contributed by atoms with Crippen LogP contribution in [-0.2, 0) is 0 Å². The predicted octanol–water partition coefficient (Wildman–Crippen LogP) is 3.06. The lowest BCUT2D eigenvalue weighted by molar-refractivity contribution is 1.17. The van der Waals surface area contributed by atoms with Crippen molar-refractivity contribution in [2.45, 2.75) is 6.42 Å². The molecule has 1 aliphatic rings. The minimum atomic E-state index is 0.862. The Labute approximate surface area is 78.1 Å². The summed E-state index contributed by atoms with van der Waals surface area (Å²) in [4.78, 5) is 4.20. The van der Waals surface area contributed by atoms with Gasteiger partial charge in [-0.15, -0.1) is 0 Å². The van der Waals surface area contributed by atoms with E-state index in [4.69, 9.17) is 0 Å². The summed E-state index contributed by atoms with van der Waals surface area (Å²) in [6.45, 7) is 3.80. The van der Waals surface area contributed by atoms with Crippen molar-refractivity contribution in [1.29, 1.82) is 0 Å². The Morgan fingerprint density at radius 2 is 1.92 bits per heavy atom. The zero-order valence-electron chi connectivity index (χ0n) is 7.40. The van der Waals surface area contributed by atoms with Crippen LogP contribution in [0.4, 0.5) is 0 Å². The largest absolute Gasteiger partial charge is 0.261 e. The van der Waals surface area contributed by atoms with Gasteiger partial charge in [-0.05, 0) is 11.1 Å². The smallest absolute Gasteiger partial charge is 0.0370 e. The van der Waals surface area contributed by atoms with Crippen molar-refractivity contribution in [2.75, 3.05) is 0 Å². The van der Waals surface area contributed by atoms with Crippen molar-refractivity contribution in [3.05, 3.63) is 54.2 Å². The van der Waals surface area contributed by atoms with Gasteiger partial charge in [0, 0.05) is 18.3 Å². The highest BCUT2D eigenvalue weighted by molar-refractivity contribution is 6.10.